The van der Waals surface area contributed by atoms with Crippen LogP contribution in [0.25, 0.3) is 0 Å². The van der Waals surface area contributed by atoms with Crippen molar-refractivity contribution < 1.29 is 42.6 Å². The van der Waals surface area contributed by atoms with Crippen LogP contribution in [0.2, 0.25) is 0 Å². The van der Waals surface area contributed by atoms with Gasteiger partial charge in [0.2, 0.25) is 11.8 Å². The number of likely N-dealkylation sites (N-methyl/N-ethyl adjacent to an activating group) is 3. The highest BCUT2D eigenvalue weighted by Crippen LogP contribution is 2.32. The summed E-state index contributed by atoms with van der Waals surface area (Å²) >= 11 is 0. The molecule has 2 amide bonds. The minimum atomic E-state index is -5.08. The number of carboxylic acids is 2. The lowest BCUT2D eigenvalue weighted by Crippen LogP contribution is -2.62. The Morgan fingerprint density at radius 1 is 0.881 bits per heavy atom. The molecule has 0 heterocycles. The van der Waals surface area contributed by atoms with Crippen molar-refractivity contribution in [2.75, 3.05) is 21.1 Å². The lowest BCUT2D eigenvalue weighted by Gasteiger charge is -2.44. The smallest absolute Gasteiger partial charge is 0.478 e. The monoisotopic (exact) mass is 601 g/mol. The average Bonchev–Trinajstić information content (AvgIpc) is 2.86. The molecule has 12 heteroatoms. The summed E-state index contributed by atoms with van der Waals surface area (Å²) in [7, 11) is 5.12. The highest BCUT2D eigenvalue weighted by molar-refractivity contribution is 5.91. The number of alkyl halides is 3. The Morgan fingerprint density at radius 2 is 1.33 bits per heavy atom. The molecule has 0 aliphatic heterocycles. The summed E-state index contributed by atoms with van der Waals surface area (Å²) in [5.74, 6) is -4.19. The molecule has 9 nitrogen and oxygen atoms in total. The fourth-order valence-electron chi connectivity index (χ4n) is 4.69. The molecule has 3 atom stereocenters. The van der Waals surface area contributed by atoms with E-state index in [0.717, 1.165) is 5.56 Å². The Bertz CT molecular complexity index is 1110. The quantitative estimate of drug-likeness (QED) is 0.335. The second-order valence-electron chi connectivity index (χ2n) is 12.2. The number of aliphatic carboxylic acids is 2. The number of carbonyl (C=O) groups is 4. The van der Waals surface area contributed by atoms with Crippen molar-refractivity contribution in [2.24, 2.45) is 11.3 Å². The molecule has 0 fully saturated rings. The van der Waals surface area contributed by atoms with Crippen LogP contribution < -0.4 is 5.32 Å². The predicted octanol–water partition coefficient (Wildman–Crippen LogP) is 4.57. The molecule has 0 saturated carbocycles. The van der Waals surface area contributed by atoms with Crippen LogP contribution in [0.15, 0.2) is 42.0 Å². The second-order valence-corrected chi connectivity index (χ2v) is 12.2. The molecule has 3 N–H and O–H groups in total. The van der Waals surface area contributed by atoms with E-state index in [0.29, 0.717) is 0 Å². The summed E-state index contributed by atoms with van der Waals surface area (Å²) in [5, 5.41) is 19.7. The molecule has 238 valence electrons. The van der Waals surface area contributed by atoms with Crippen molar-refractivity contribution >= 4 is 23.8 Å². The normalized spacial score (nSPS) is 14.7. The van der Waals surface area contributed by atoms with E-state index in [-0.39, 0.29) is 23.3 Å². The Kier molecular flexibility index (Phi) is 13.9. The molecule has 0 aliphatic carbocycles. The van der Waals surface area contributed by atoms with Gasteiger partial charge in [-0.1, -0.05) is 84.9 Å². The van der Waals surface area contributed by atoms with E-state index in [9.17, 15) is 32.7 Å². The lowest BCUT2D eigenvalue weighted by molar-refractivity contribution is -0.192. The summed E-state index contributed by atoms with van der Waals surface area (Å²) in [4.78, 5) is 51.2. The molecule has 1 aromatic carbocycles. The fraction of sp³-hybridized carbons (Fsp3) is 0.600. The van der Waals surface area contributed by atoms with E-state index in [1.165, 1.54) is 6.92 Å². The van der Waals surface area contributed by atoms with Crippen LogP contribution >= 0.6 is 0 Å². The van der Waals surface area contributed by atoms with Gasteiger partial charge in [0, 0.05) is 25.1 Å². The third-order valence-corrected chi connectivity index (χ3v) is 7.04. The largest absolute Gasteiger partial charge is 0.490 e. The molecule has 0 aliphatic rings. The van der Waals surface area contributed by atoms with E-state index < -0.39 is 47.1 Å². The molecule has 0 unspecified atom stereocenters. The van der Waals surface area contributed by atoms with Crippen LogP contribution in [0.3, 0.4) is 0 Å². The molecular weight excluding hydrogens is 555 g/mol. The zero-order chi connectivity index (χ0) is 33.4. The SMILES string of the molecule is CN[C@H](C(=O)N(C)[C@H](C(=O)N(C)[C@H](/C=C(\C)C(=O)O)C(C)C)C(C)(C)C)C(C)(C)c1ccccc1.O=C(O)C(F)(F)F. The number of carboxylic acid groups (broad SMARTS) is 2. The zero-order valence-electron chi connectivity index (χ0n) is 26.3. The van der Waals surface area contributed by atoms with Gasteiger partial charge in [-0.3, -0.25) is 9.59 Å². The number of halogens is 3. The molecule has 1 rings (SSSR count). The van der Waals surface area contributed by atoms with E-state index >= 15 is 0 Å². The zero-order valence-corrected chi connectivity index (χ0v) is 26.3. The standard InChI is InChI=1S/C28H45N3O4.C2HF3O2/c1-18(2)21(17-19(3)26(34)35)30(10)25(33)23(27(4,5)6)31(11)24(32)22(29-9)28(7,8)20-15-13-12-14-16-20;3-2(4,5)1(6)7/h12-18,21-23,29H,1-11H3,(H,34,35);(H,6,7)/b19-17+;/t21-,22-,23-;/m1./s1. The van der Waals surface area contributed by atoms with Gasteiger partial charge < -0.3 is 25.3 Å². The number of hydrogen-bond acceptors (Lipinski definition) is 5. The summed E-state index contributed by atoms with van der Waals surface area (Å²) < 4.78 is 31.7. The third-order valence-electron chi connectivity index (χ3n) is 7.04. The highest BCUT2D eigenvalue weighted by atomic mass is 19.4. The maximum absolute atomic E-state index is 13.9. The van der Waals surface area contributed by atoms with Crippen LogP contribution in [0.5, 0.6) is 0 Å². The molecule has 42 heavy (non-hydrogen) atoms. The van der Waals surface area contributed by atoms with Gasteiger partial charge in [-0.15, -0.1) is 0 Å². The maximum Gasteiger partial charge on any atom is 0.490 e. The molecule has 0 aromatic heterocycles. The first-order chi connectivity index (χ1) is 18.9. The Balaban J connectivity index is 0.00000212. The molecular formula is C30H46F3N3O6. The van der Waals surface area contributed by atoms with Gasteiger partial charge in [-0.2, -0.15) is 13.2 Å². The van der Waals surface area contributed by atoms with Gasteiger partial charge in [0.25, 0.3) is 0 Å². The van der Waals surface area contributed by atoms with Crippen molar-refractivity contribution in [3.05, 3.63) is 47.5 Å². The summed E-state index contributed by atoms with van der Waals surface area (Å²) in [6.45, 7) is 15.3. The van der Waals surface area contributed by atoms with Crippen molar-refractivity contribution in [1.29, 1.82) is 0 Å². The van der Waals surface area contributed by atoms with Crippen molar-refractivity contribution in [2.45, 2.75) is 85.1 Å². The minimum Gasteiger partial charge on any atom is -0.478 e. The van der Waals surface area contributed by atoms with Crippen LogP contribution in [0, 0.1) is 11.3 Å². The van der Waals surface area contributed by atoms with E-state index in [2.05, 4.69) is 5.32 Å². The molecule has 1 aromatic rings. The minimum absolute atomic E-state index is 0.0121. The summed E-state index contributed by atoms with van der Waals surface area (Å²) in [6, 6.07) is 8.12. The van der Waals surface area contributed by atoms with E-state index in [1.54, 1.807) is 37.0 Å². The predicted molar refractivity (Wildman–Crippen MR) is 155 cm³/mol. The fourth-order valence-corrected chi connectivity index (χ4v) is 4.69. The number of nitrogens with zero attached hydrogens (tertiary/aromatic N) is 2. The maximum atomic E-state index is 13.9. The summed E-state index contributed by atoms with van der Waals surface area (Å²) in [5.41, 5.74) is 0.115. The van der Waals surface area contributed by atoms with Crippen molar-refractivity contribution in [3.8, 4) is 0 Å². The number of hydrogen-bond donors (Lipinski definition) is 3. The number of carbonyl (C=O) groups excluding carboxylic acids is 2. The van der Waals surface area contributed by atoms with Crippen LogP contribution in [0.4, 0.5) is 13.2 Å². The first-order valence-corrected chi connectivity index (χ1v) is 13.4. The number of nitrogens with one attached hydrogen (secondary N) is 1. The average molecular weight is 602 g/mol. The van der Waals surface area contributed by atoms with E-state index in [1.807, 2.05) is 78.8 Å². The first kappa shape index (κ1) is 38.6. The number of rotatable bonds is 10. The van der Waals surface area contributed by atoms with Gasteiger partial charge in [-0.05, 0) is 30.9 Å². The molecule has 0 bridgehead atoms. The van der Waals surface area contributed by atoms with Gasteiger partial charge in [0.05, 0.1) is 12.1 Å². The number of amides is 2. The van der Waals surface area contributed by atoms with Crippen LogP contribution in [-0.2, 0) is 24.6 Å². The van der Waals surface area contributed by atoms with Gasteiger partial charge in [0.1, 0.15) is 6.04 Å². The molecule has 0 radical (unpaired) electrons. The Hall–Kier alpha value is -3.41. The van der Waals surface area contributed by atoms with Crippen molar-refractivity contribution in [1.82, 2.24) is 15.1 Å². The Morgan fingerprint density at radius 3 is 1.67 bits per heavy atom. The van der Waals surface area contributed by atoms with Crippen molar-refractivity contribution in [3.63, 3.8) is 0 Å². The second kappa shape index (κ2) is 15.2. The Labute approximate surface area is 246 Å². The van der Waals surface area contributed by atoms with Gasteiger partial charge in [-0.25, -0.2) is 9.59 Å². The van der Waals surface area contributed by atoms with Crippen LogP contribution in [-0.4, -0.2) is 89.2 Å². The summed E-state index contributed by atoms with van der Waals surface area (Å²) in [6.07, 6.45) is -3.47. The molecule has 0 spiro atoms. The van der Waals surface area contributed by atoms with Crippen LogP contribution in [0.1, 0.15) is 61.0 Å². The number of benzene rings is 1. The molecule has 0 saturated heterocycles. The topological polar surface area (TPSA) is 127 Å². The lowest BCUT2D eigenvalue weighted by atomic mass is 9.76. The highest BCUT2D eigenvalue weighted by Gasteiger charge is 2.45. The third kappa shape index (κ3) is 10.5. The van der Waals surface area contributed by atoms with Gasteiger partial charge >= 0.3 is 18.1 Å². The van der Waals surface area contributed by atoms with E-state index in [4.69, 9.17) is 9.90 Å². The first-order valence-electron chi connectivity index (χ1n) is 13.4. The van der Waals surface area contributed by atoms with Gasteiger partial charge in [0.15, 0.2) is 0 Å².